The summed E-state index contributed by atoms with van der Waals surface area (Å²) in [6.07, 6.45) is 7.93. The molecule has 0 radical (unpaired) electrons. The van der Waals surface area contributed by atoms with Gasteiger partial charge in [-0.1, -0.05) is 47.5 Å². The van der Waals surface area contributed by atoms with E-state index in [1.807, 2.05) is 54.7 Å². The maximum Gasteiger partial charge on any atom is 0.0945 e. The molecular formula is C20H20Cl2N2S. The van der Waals surface area contributed by atoms with Crippen molar-refractivity contribution < 1.29 is 0 Å². The predicted octanol–water partition coefficient (Wildman–Crippen LogP) is 6.64. The first-order valence-electron chi connectivity index (χ1n) is 8.28. The Morgan fingerprint density at radius 2 is 1.64 bits per heavy atom. The van der Waals surface area contributed by atoms with E-state index in [0.29, 0.717) is 5.25 Å². The number of hydrogen-bond acceptors (Lipinski definition) is 2. The normalized spacial score (nSPS) is 12.2. The highest BCUT2D eigenvalue weighted by atomic mass is 35.5. The van der Waals surface area contributed by atoms with Crippen LogP contribution in [0.1, 0.15) is 29.2 Å². The Balaban J connectivity index is 1.62. The van der Waals surface area contributed by atoms with Gasteiger partial charge in [-0.05, 0) is 48.2 Å². The van der Waals surface area contributed by atoms with Gasteiger partial charge < -0.3 is 4.57 Å². The molecule has 3 aromatic rings. The Bertz CT molecular complexity index is 755. The fourth-order valence-electron chi connectivity index (χ4n) is 2.68. The molecule has 0 amide bonds. The van der Waals surface area contributed by atoms with Crippen LogP contribution in [-0.2, 0) is 12.3 Å². The van der Waals surface area contributed by atoms with E-state index in [9.17, 15) is 0 Å². The zero-order valence-electron chi connectivity index (χ0n) is 13.8. The maximum absolute atomic E-state index is 6.05. The quantitative estimate of drug-likeness (QED) is 0.428. The molecule has 2 nitrogen and oxygen atoms in total. The summed E-state index contributed by atoms with van der Waals surface area (Å²) < 4.78 is 2.13. The number of hydrogen-bond donors (Lipinski definition) is 0. The van der Waals surface area contributed by atoms with Crippen LogP contribution in [0, 0.1) is 0 Å². The van der Waals surface area contributed by atoms with E-state index in [4.69, 9.17) is 23.2 Å². The lowest BCUT2D eigenvalue weighted by Gasteiger charge is -2.18. The van der Waals surface area contributed by atoms with E-state index in [1.165, 1.54) is 11.1 Å². The number of rotatable bonds is 8. The third-order valence-electron chi connectivity index (χ3n) is 4.05. The number of benzene rings is 2. The van der Waals surface area contributed by atoms with E-state index in [0.717, 1.165) is 35.2 Å². The number of aromatic nitrogens is 2. The van der Waals surface area contributed by atoms with Crippen LogP contribution in [0.5, 0.6) is 0 Å². The molecule has 1 unspecified atom stereocenters. The summed E-state index contributed by atoms with van der Waals surface area (Å²) in [5, 5.41) is 2.00. The summed E-state index contributed by atoms with van der Waals surface area (Å²) in [5.41, 5.74) is 2.62. The molecule has 0 saturated heterocycles. The van der Waals surface area contributed by atoms with Gasteiger partial charge in [0, 0.05) is 40.0 Å². The Morgan fingerprint density at radius 3 is 2.28 bits per heavy atom. The van der Waals surface area contributed by atoms with Crippen molar-refractivity contribution in [3.63, 3.8) is 0 Å². The SMILES string of the molecule is Clc1ccc(CSC(CCCn2ccnc2)c2ccc(Cl)cc2)cc1. The zero-order chi connectivity index (χ0) is 17.5. The van der Waals surface area contributed by atoms with Crippen molar-refractivity contribution in [2.75, 3.05) is 0 Å². The number of nitrogens with zero attached hydrogens (tertiary/aromatic N) is 2. The first-order valence-corrected chi connectivity index (χ1v) is 10.1. The Kier molecular flexibility index (Phi) is 6.85. The van der Waals surface area contributed by atoms with E-state index in [-0.39, 0.29) is 0 Å². The maximum atomic E-state index is 6.05. The minimum absolute atomic E-state index is 0.441. The molecule has 3 rings (SSSR count). The smallest absolute Gasteiger partial charge is 0.0945 e. The molecule has 0 aliphatic heterocycles. The monoisotopic (exact) mass is 390 g/mol. The Morgan fingerprint density at radius 1 is 0.960 bits per heavy atom. The molecule has 0 spiro atoms. The summed E-state index contributed by atoms with van der Waals surface area (Å²) in [4.78, 5) is 4.10. The molecule has 0 aliphatic carbocycles. The van der Waals surface area contributed by atoms with Crippen LogP contribution in [0.3, 0.4) is 0 Å². The molecule has 0 N–H and O–H groups in total. The summed E-state index contributed by atoms with van der Waals surface area (Å²) in [6, 6.07) is 16.3. The largest absolute Gasteiger partial charge is 0.337 e. The number of thioether (sulfide) groups is 1. The molecule has 2 aromatic carbocycles. The van der Waals surface area contributed by atoms with Crippen molar-refractivity contribution in [1.29, 1.82) is 0 Å². The summed E-state index contributed by atoms with van der Waals surface area (Å²) in [7, 11) is 0. The van der Waals surface area contributed by atoms with Crippen LogP contribution in [0.25, 0.3) is 0 Å². The van der Waals surface area contributed by atoms with E-state index < -0.39 is 0 Å². The van der Waals surface area contributed by atoms with Gasteiger partial charge in [0.05, 0.1) is 6.33 Å². The minimum atomic E-state index is 0.441. The van der Waals surface area contributed by atoms with E-state index in [1.54, 1.807) is 0 Å². The zero-order valence-corrected chi connectivity index (χ0v) is 16.1. The lowest BCUT2D eigenvalue weighted by Crippen LogP contribution is -2.00. The van der Waals surface area contributed by atoms with Crippen LogP contribution in [-0.4, -0.2) is 9.55 Å². The Hall–Kier alpha value is -1.42. The topological polar surface area (TPSA) is 17.8 Å². The van der Waals surface area contributed by atoms with Crippen molar-refractivity contribution >= 4 is 35.0 Å². The van der Waals surface area contributed by atoms with Gasteiger partial charge in [-0.15, -0.1) is 11.8 Å². The molecule has 25 heavy (non-hydrogen) atoms. The molecule has 1 atom stereocenters. The van der Waals surface area contributed by atoms with Crippen LogP contribution >= 0.6 is 35.0 Å². The molecule has 0 saturated carbocycles. The van der Waals surface area contributed by atoms with E-state index in [2.05, 4.69) is 33.8 Å². The highest BCUT2D eigenvalue weighted by molar-refractivity contribution is 7.98. The molecule has 0 aliphatic rings. The van der Waals surface area contributed by atoms with Gasteiger partial charge in [0.2, 0.25) is 0 Å². The molecule has 0 fully saturated rings. The summed E-state index contributed by atoms with van der Waals surface area (Å²) >= 11 is 14.0. The lowest BCUT2D eigenvalue weighted by molar-refractivity contribution is 0.604. The van der Waals surface area contributed by atoms with E-state index >= 15 is 0 Å². The van der Waals surface area contributed by atoms with Crippen LogP contribution in [0.4, 0.5) is 0 Å². The van der Waals surface area contributed by atoms with Crippen molar-refractivity contribution in [3.05, 3.63) is 88.4 Å². The molecule has 5 heteroatoms. The van der Waals surface area contributed by atoms with Crippen LogP contribution < -0.4 is 0 Å². The minimum Gasteiger partial charge on any atom is -0.337 e. The van der Waals surface area contributed by atoms with Gasteiger partial charge in [-0.2, -0.15) is 0 Å². The van der Waals surface area contributed by atoms with Crippen LogP contribution in [0.15, 0.2) is 67.3 Å². The fourth-order valence-corrected chi connectivity index (χ4v) is 4.20. The highest BCUT2D eigenvalue weighted by Crippen LogP contribution is 2.36. The molecule has 1 heterocycles. The second-order valence-electron chi connectivity index (χ2n) is 5.92. The van der Waals surface area contributed by atoms with Gasteiger partial charge in [-0.25, -0.2) is 4.98 Å². The number of aryl methyl sites for hydroxylation is 1. The molecule has 0 bridgehead atoms. The fraction of sp³-hybridized carbons (Fsp3) is 0.250. The highest BCUT2D eigenvalue weighted by Gasteiger charge is 2.12. The van der Waals surface area contributed by atoms with Crippen LogP contribution in [0.2, 0.25) is 10.0 Å². The van der Waals surface area contributed by atoms with Gasteiger partial charge in [0.15, 0.2) is 0 Å². The molecular weight excluding hydrogens is 371 g/mol. The third kappa shape index (κ3) is 5.81. The van der Waals surface area contributed by atoms with Crippen molar-refractivity contribution in [2.24, 2.45) is 0 Å². The Labute approximate surface area is 163 Å². The second-order valence-corrected chi connectivity index (χ2v) is 7.98. The van der Waals surface area contributed by atoms with Gasteiger partial charge in [0.1, 0.15) is 0 Å². The van der Waals surface area contributed by atoms with Gasteiger partial charge in [0.25, 0.3) is 0 Å². The second kappa shape index (κ2) is 9.33. The summed E-state index contributed by atoms with van der Waals surface area (Å²) in [6.45, 7) is 0.992. The molecule has 130 valence electrons. The lowest BCUT2D eigenvalue weighted by atomic mass is 10.1. The average Bonchev–Trinajstić information content (AvgIpc) is 3.14. The predicted molar refractivity (Wildman–Crippen MR) is 108 cm³/mol. The summed E-state index contributed by atoms with van der Waals surface area (Å²) in [5.74, 6) is 0.968. The third-order valence-corrected chi connectivity index (χ3v) is 5.96. The van der Waals surface area contributed by atoms with Crippen molar-refractivity contribution in [1.82, 2.24) is 9.55 Å². The first kappa shape index (κ1) is 18.4. The van der Waals surface area contributed by atoms with Crippen molar-refractivity contribution in [3.8, 4) is 0 Å². The number of halogens is 2. The first-order chi connectivity index (χ1) is 12.2. The van der Waals surface area contributed by atoms with Gasteiger partial charge >= 0.3 is 0 Å². The standard InChI is InChI=1S/C20H20Cl2N2S/c21-18-7-3-16(4-8-18)14-25-20(17-5-9-19(22)10-6-17)2-1-12-24-13-11-23-15-24/h3-11,13,15,20H,1-2,12,14H2. The molecule has 1 aromatic heterocycles. The average molecular weight is 391 g/mol. The number of imidazole rings is 1. The van der Waals surface area contributed by atoms with Crippen molar-refractivity contribution in [2.45, 2.75) is 30.4 Å². The van der Waals surface area contributed by atoms with Gasteiger partial charge in [-0.3, -0.25) is 0 Å².